The number of aryl methyl sites for hydroxylation is 1. The number of nitrogens with zero attached hydrogens (tertiary/aromatic N) is 2. The highest BCUT2D eigenvalue weighted by Crippen LogP contribution is 2.41. The van der Waals surface area contributed by atoms with Crippen molar-refractivity contribution >= 4 is 21.7 Å². The summed E-state index contributed by atoms with van der Waals surface area (Å²) in [5.74, 6) is -0.713. The van der Waals surface area contributed by atoms with Gasteiger partial charge in [-0.3, -0.25) is 9.40 Å². The van der Waals surface area contributed by atoms with Crippen molar-refractivity contribution in [1.29, 1.82) is 0 Å². The average molecular weight is 434 g/mol. The number of ether oxygens (including phenoxy) is 1. The van der Waals surface area contributed by atoms with Gasteiger partial charge < -0.3 is 9.84 Å². The van der Waals surface area contributed by atoms with Crippen LogP contribution in [0.1, 0.15) is 72.1 Å². The molecule has 1 heterocycles. The van der Waals surface area contributed by atoms with Gasteiger partial charge in [0.15, 0.2) is 5.69 Å². The number of carbonyl (C=O) groups is 1. The number of carboxylic acids is 1. The van der Waals surface area contributed by atoms with E-state index < -0.39 is 16.0 Å². The van der Waals surface area contributed by atoms with Crippen LogP contribution in [-0.2, 0) is 21.8 Å². The van der Waals surface area contributed by atoms with Crippen LogP contribution < -0.4 is 4.72 Å². The fraction of sp³-hybridized carbons (Fsp3) is 0.524. The molecule has 2 aromatic rings. The number of methoxy groups -OCH3 is 1. The number of carboxylic acid groups (broad SMARTS) is 1. The van der Waals surface area contributed by atoms with Crippen molar-refractivity contribution in [1.82, 2.24) is 9.78 Å². The van der Waals surface area contributed by atoms with Crippen LogP contribution in [0.25, 0.3) is 0 Å². The quantitative estimate of drug-likeness (QED) is 0.692. The number of rotatable bonds is 7. The predicted molar refractivity (Wildman–Crippen MR) is 111 cm³/mol. The normalized spacial score (nSPS) is 22.1. The minimum atomic E-state index is -3.95. The van der Waals surface area contributed by atoms with Gasteiger partial charge in [0.2, 0.25) is 0 Å². The van der Waals surface area contributed by atoms with Crippen molar-refractivity contribution in [2.45, 2.75) is 61.4 Å². The van der Waals surface area contributed by atoms with Crippen LogP contribution in [0.5, 0.6) is 0 Å². The third-order valence-corrected chi connectivity index (χ3v) is 7.51. The smallest absolute Gasteiger partial charge is 0.356 e. The third-order valence-electron chi connectivity index (χ3n) is 6.15. The van der Waals surface area contributed by atoms with E-state index >= 15 is 0 Å². The lowest BCUT2D eigenvalue weighted by molar-refractivity contribution is 0.0655. The van der Waals surface area contributed by atoms with Crippen LogP contribution in [0.2, 0.25) is 0 Å². The molecule has 2 aliphatic carbocycles. The number of aromatic nitrogens is 2. The van der Waals surface area contributed by atoms with E-state index in [1.807, 2.05) is 12.1 Å². The Balaban J connectivity index is 1.65. The van der Waals surface area contributed by atoms with Crippen LogP contribution in [0, 0.1) is 0 Å². The third kappa shape index (κ3) is 4.09. The molecule has 30 heavy (non-hydrogen) atoms. The van der Waals surface area contributed by atoms with E-state index in [-0.39, 0.29) is 28.3 Å². The predicted octanol–water partition coefficient (Wildman–Crippen LogP) is 3.47. The van der Waals surface area contributed by atoms with E-state index in [1.165, 1.54) is 11.7 Å². The van der Waals surface area contributed by atoms with Gasteiger partial charge in [-0.05, 0) is 62.1 Å². The largest absolute Gasteiger partial charge is 0.476 e. The molecule has 0 aliphatic heterocycles. The van der Waals surface area contributed by atoms with Gasteiger partial charge in [-0.15, -0.1) is 0 Å². The van der Waals surface area contributed by atoms with Gasteiger partial charge in [0.25, 0.3) is 10.0 Å². The van der Waals surface area contributed by atoms with Crippen LogP contribution in [0.4, 0.5) is 5.69 Å². The Labute approximate surface area is 176 Å². The van der Waals surface area contributed by atoms with Crippen molar-refractivity contribution < 1.29 is 23.1 Å². The zero-order valence-electron chi connectivity index (χ0n) is 17.2. The summed E-state index contributed by atoms with van der Waals surface area (Å²) in [5, 5.41) is 14.1. The topological polar surface area (TPSA) is 111 Å². The van der Waals surface area contributed by atoms with Crippen LogP contribution in [0.3, 0.4) is 0 Å². The van der Waals surface area contributed by atoms with Gasteiger partial charge in [0.1, 0.15) is 5.69 Å². The standard InChI is InChI=1S/C21H27N3O5S/c1-24-20(21(25)26)19(18(22-24)15-5-9-16(29-2)10-6-15)23-30(27,28)17-11-7-14(8-12-17)13-3-4-13/h7-8,11-13,15-16,23H,3-6,9-10H2,1-2H3,(H,25,26)/t15-,16+. The van der Waals surface area contributed by atoms with E-state index in [2.05, 4.69) is 9.82 Å². The molecule has 1 aromatic heterocycles. The summed E-state index contributed by atoms with van der Waals surface area (Å²) in [5.41, 5.74) is 1.54. The molecular weight excluding hydrogens is 406 g/mol. The van der Waals surface area contributed by atoms with E-state index in [9.17, 15) is 18.3 Å². The Kier molecular flexibility index (Phi) is 5.59. The molecule has 2 saturated carbocycles. The summed E-state index contributed by atoms with van der Waals surface area (Å²) in [6.45, 7) is 0. The molecule has 0 atom stereocenters. The lowest BCUT2D eigenvalue weighted by atomic mass is 9.84. The van der Waals surface area contributed by atoms with Crippen LogP contribution in [0.15, 0.2) is 29.2 Å². The first-order valence-electron chi connectivity index (χ1n) is 10.3. The van der Waals surface area contributed by atoms with Gasteiger partial charge in [-0.1, -0.05) is 12.1 Å². The van der Waals surface area contributed by atoms with Gasteiger partial charge in [0.05, 0.1) is 16.7 Å². The van der Waals surface area contributed by atoms with Crippen molar-refractivity contribution in [3.05, 3.63) is 41.2 Å². The number of sulfonamides is 1. The maximum atomic E-state index is 13.1. The number of anilines is 1. The molecular formula is C21H27N3O5S. The van der Waals surface area contributed by atoms with Gasteiger partial charge in [0, 0.05) is 20.1 Å². The number of hydrogen-bond acceptors (Lipinski definition) is 5. The van der Waals surface area contributed by atoms with Crippen LogP contribution in [-0.4, -0.2) is 42.5 Å². The van der Waals surface area contributed by atoms with Gasteiger partial charge in [-0.25, -0.2) is 13.2 Å². The molecule has 0 radical (unpaired) electrons. The first kappa shape index (κ1) is 20.9. The van der Waals surface area contributed by atoms with E-state index in [1.54, 1.807) is 19.2 Å². The molecule has 8 nitrogen and oxygen atoms in total. The highest BCUT2D eigenvalue weighted by molar-refractivity contribution is 7.92. The highest BCUT2D eigenvalue weighted by Gasteiger charge is 2.32. The summed E-state index contributed by atoms with van der Waals surface area (Å²) in [7, 11) is -0.739. The molecule has 2 N–H and O–H groups in total. The lowest BCUT2D eigenvalue weighted by Gasteiger charge is -2.27. The summed E-state index contributed by atoms with van der Waals surface area (Å²) >= 11 is 0. The molecule has 4 rings (SSSR count). The zero-order valence-corrected chi connectivity index (χ0v) is 18.0. The maximum Gasteiger partial charge on any atom is 0.356 e. The molecule has 0 spiro atoms. The van der Waals surface area contributed by atoms with E-state index in [4.69, 9.17) is 4.74 Å². The van der Waals surface area contributed by atoms with Gasteiger partial charge >= 0.3 is 5.97 Å². The second-order valence-electron chi connectivity index (χ2n) is 8.20. The van der Waals surface area contributed by atoms with Crippen molar-refractivity contribution in [3.63, 3.8) is 0 Å². The second-order valence-corrected chi connectivity index (χ2v) is 9.88. The van der Waals surface area contributed by atoms with Gasteiger partial charge in [-0.2, -0.15) is 5.10 Å². The van der Waals surface area contributed by atoms with Crippen molar-refractivity contribution in [2.24, 2.45) is 7.05 Å². The summed E-state index contributed by atoms with van der Waals surface area (Å²) < 4.78 is 35.3. The number of aromatic carboxylic acids is 1. The molecule has 0 unspecified atom stereocenters. The first-order chi connectivity index (χ1) is 14.3. The highest BCUT2D eigenvalue weighted by atomic mass is 32.2. The molecule has 1 aromatic carbocycles. The zero-order chi connectivity index (χ0) is 21.5. The minimum absolute atomic E-state index is 0.0226. The average Bonchev–Trinajstić information content (AvgIpc) is 3.52. The number of hydrogen-bond donors (Lipinski definition) is 2. The molecule has 0 amide bonds. The molecule has 2 fully saturated rings. The lowest BCUT2D eigenvalue weighted by Crippen LogP contribution is -2.21. The Morgan fingerprint density at radius 2 is 1.70 bits per heavy atom. The number of benzene rings is 1. The summed E-state index contributed by atoms with van der Waals surface area (Å²) in [6.07, 6.45) is 5.63. The second kappa shape index (κ2) is 8.03. The summed E-state index contributed by atoms with van der Waals surface area (Å²) in [6, 6.07) is 6.83. The SMILES string of the molecule is CO[C@H]1CC[C@@H](c2nn(C)c(C(=O)O)c2NS(=O)(=O)c2ccc(C3CC3)cc2)CC1. The Bertz CT molecular complexity index is 1030. The summed E-state index contributed by atoms with van der Waals surface area (Å²) in [4.78, 5) is 12.0. The molecule has 0 bridgehead atoms. The van der Waals surface area contributed by atoms with Crippen molar-refractivity contribution in [3.8, 4) is 0 Å². The molecule has 9 heteroatoms. The van der Waals surface area contributed by atoms with E-state index in [0.29, 0.717) is 11.6 Å². The Hall–Kier alpha value is -2.39. The molecule has 2 aliphatic rings. The van der Waals surface area contributed by atoms with Crippen molar-refractivity contribution in [2.75, 3.05) is 11.8 Å². The minimum Gasteiger partial charge on any atom is -0.476 e. The number of nitrogens with one attached hydrogen (secondary N) is 1. The Morgan fingerprint density at radius 1 is 1.10 bits per heavy atom. The fourth-order valence-corrected chi connectivity index (χ4v) is 5.36. The molecule has 0 saturated heterocycles. The van der Waals surface area contributed by atoms with E-state index in [0.717, 1.165) is 44.1 Å². The molecule has 162 valence electrons. The van der Waals surface area contributed by atoms with Crippen LogP contribution >= 0.6 is 0 Å². The fourth-order valence-electron chi connectivity index (χ4n) is 4.28. The Morgan fingerprint density at radius 3 is 2.23 bits per heavy atom. The maximum absolute atomic E-state index is 13.1. The monoisotopic (exact) mass is 433 g/mol. The first-order valence-corrected chi connectivity index (χ1v) is 11.7.